The summed E-state index contributed by atoms with van der Waals surface area (Å²) in [5, 5.41) is 3.53. The molecule has 5 heteroatoms. The van der Waals surface area contributed by atoms with E-state index in [0.29, 0.717) is 17.1 Å². The van der Waals surface area contributed by atoms with Gasteiger partial charge >= 0.3 is 0 Å². The largest absolute Gasteiger partial charge is 0.352 e. The zero-order valence-electron chi connectivity index (χ0n) is 11.7. The van der Waals surface area contributed by atoms with Gasteiger partial charge in [-0.15, -0.1) is 0 Å². The molecule has 0 unspecified atom stereocenters. The molecule has 1 heterocycles. The van der Waals surface area contributed by atoms with Gasteiger partial charge in [0.05, 0.1) is 10.6 Å². The molecule has 0 saturated heterocycles. The fraction of sp³-hybridized carbons (Fsp3) is 0.600. The van der Waals surface area contributed by atoms with Gasteiger partial charge in [0.1, 0.15) is 5.15 Å². The predicted octanol–water partition coefficient (Wildman–Crippen LogP) is 4.33. The zero-order valence-corrected chi connectivity index (χ0v) is 13.2. The molecule has 0 bridgehead atoms. The zero-order chi connectivity index (χ0) is 14.5. The molecule has 0 aromatic carbocycles. The average Bonchev–Trinajstić information content (AvgIpc) is 2.43. The summed E-state index contributed by atoms with van der Waals surface area (Å²) < 4.78 is 0. The maximum absolute atomic E-state index is 12.0. The first kappa shape index (κ1) is 15.6. The van der Waals surface area contributed by atoms with Crippen LogP contribution in [-0.2, 0) is 0 Å². The van der Waals surface area contributed by atoms with Crippen molar-refractivity contribution in [3.05, 3.63) is 28.0 Å². The van der Waals surface area contributed by atoms with Crippen molar-refractivity contribution < 1.29 is 4.79 Å². The number of carbonyl (C=O) groups excluding carboxylic acids is 1. The minimum absolute atomic E-state index is 0.177. The van der Waals surface area contributed by atoms with E-state index < -0.39 is 0 Å². The molecule has 1 aliphatic rings. The number of hydrogen-bond acceptors (Lipinski definition) is 2. The molecule has 1 amide bonds. The first-order chi connectivity index (χ1) is 9.56. The third-order valence-electron chi connectivity index (χ3n) is 4.04. The number of carbonyl (C=O) groups is 1. The summed E-state index contributed by atoms with van der Waals surface area (Å²) in [7, 11) is 0. The summed E-state index contributed by atoms with van der Waals surface area (Å²) in [5.74, 6) is 1.42. The Morgan fingerprint density at radius 3 is 2.75 bits per heavy atom. The van der Waals surface area contributed by atoms with E-state index in [1.54, 1.807) is 0 Å². The van der Waals surface area contributed by atoms with E-state index in [1.165, 1.54) is 37.9 Å². The van der Waals surface area contributed by atoms with Crippen molar-refractivity contribution in [1.29, 1.82) is 0 Å². The second-order valence-corrected chi connectivity index (χ2v) is 6.45. The first-order valence-corrected chi connectivity index (χ1v) is 7.91. The van der Waals surface area contributed by atoms with Gasteiger partial charge in [0, 0.05) is 12.7 Å². The Bertz CT molecular complexity index is 471. The Balaban J connectivity index is 1.79. The molecule has 110 valence electrons. The Kier molecular flexibility index (Phi) is 5.67. The van der Waals surface area contributed by atoms with Crippen molar-refractivity contribution in [3.8, 4) is 0 Å². The van der Waals surface area contributed by atoms with Crippen molar-refractivity contribution >= 4 is 29.1 Å². The van der Waals surface area contributed by atoms with E-state index in [0.717, 1.165) is 18.3 Å². The van der Waals surface area contributed by atoms with E-state index in [-0.39, 0.29) is 11.1 Å². The van der Waals surface area contributed by atoms with Crippen LogP contribution in [0.15, 0.2) is 12.3 Å². The van der Waals surface area contributed by atoms with Gasteiger partial charge in [-0.2, -0.15) is 0 Å². The number of rotatable bonds is 4. The van der Waals surface area contributed by atoms with E-state index in [2.05, 4.69) is 17.2 Å². The van der Waals surface area contributed by atoms with Gasteiger partial charge in [-0.25, -0.2) is 4.98 Å². The summed E-state index contributed by atoms with van der Waals surface area (Å²) in [6, 6.07) is 1.50. The van der Waals surface area contributed by atoms with Gasteiger partial charge in [0.15, 0.2) is 0 Å². The first-order valence-electron chi connectivity index (χ1n) is 7.15. The van der Waals surface area contributed by atoms with Crippen LogP contribution in [-0.4, -0.2) is 17.4 Å². The maximum Gasteiger partial charge on any atom is 0.252 e. The minimum Gasteiger partial charge on any atom is -0.352 e. The Morgan fingerprint density at radius 2 is 2.05 bits per heavy atom. The van der Waals surface area contributed by atoms with Gasteiger partial charge in [-0.3, -0.25) is 4.79 Å². The number of nitrogens with zero attached hydrogens (tertiary/aromatic N) is 1. The number of nitrogens with one attached hydrogen (secondary N) is 1. The fourth-order valence-electron chi connectivity index (χ4n) is 2.69. The molecule has 3 nitrogen and oxygen atoms in total. The Labute approximate surface area is 130 Å². The molecule has 1 aliphatic carbocycles. The van der Waals surface area contributed by atoms with Crippen LogP contribution in [0, 0.1) is 11.8 Å². The average molecular weight is 315 g/mol. The lowest BCUT2D eigenvalue weighted by molar-refractivity contribution is 0.0949. The Hall–Kier alpha value is -0.800. The van der Waals surface area contributed by atoms with Crippen LogP contribution in [0.25, 0.3) is 0 Å². The number of halogens is 2. The lowest BCUT2D eigenvalue weighted by atomic mass is 9.81. The molecular weight excluding hydrogens is 295 g/mol. The van der Waals surface area contributed by atoms with E-state index in [1.807, 2.05) is 0 Å². The van der Waals surface area contributed by atoms with Crippen molar-refractivity contribution in [2.45, 2.75) is 39.0 Å². The standard InChI is InChI=1S/C15H20Cl2N2O/c1-10-2-4-11(5-3-10)6-7-18-15(20)12-8-14(17)19-9-13(12)16/h8-11H,2-7H2,1H3,(H,18,20). The molecule has 1 N–H and O–H groups in total. The quantitative estimate of drug-likeness (QED) is 0.840. The van der Waals surface area contributed by atoms with Crippen LogP contribution >= 0.6 is 23.2 Å². The van der Waals surface area contributed by atoms with Crippen molar-refractivity contribution in [3.63, 3.8) is 0 Å². The summed E-state index contributed by atoms with van der Waals surface area (Å²) in [4.78, 5) is 15.9. The number of aromatic nitrogens is 1. The molecule has 1 aromatic heterocycles. The van der Waals surface area contributed by atoms with E-state index in [9.17, 15) is 4.79 Å². The third kappa shape index (κ3) is 4.35. The maximum atomic E-state index is 12.0. The monoisotopic (exact) mass is 314 g/mol. The van der Waals surface area contributed by atoms with Crippen molar-refractivity contribution in [1.82, 2.24) is 10.3 Å². The van der Waals surface area contributed by atoms with Gasteiger partial charge < -0.3 is 5.32 Å². The topological polar surface area (TPSA) is 42.0 Å². The summed E-state index contributed by atoms with van der Waals surface area (Å²) in [6.07, 6.45) is 7.61. The number of amides is 1. The van der Waals surface area contributed by atoms with Crippen molar-refractivity contribution in [2.75, 3.05) is 6.54 Å². The van der Waals surface area contributed by atoms with Crippen LogP contribution in [0.3, 0.4) is 0 Å². The smallest absolute Gasteiger partial charge is 0.252 e. The lowest BCUT2D eigenvalue weighted by Gasteiger charge is -2.26. The lowest BCUT2D eigenvalue weighted by Crippen LogP contribution is -2.27. The number of pyridine rings is 1. The molecule has 0 aliphatic heterocycles. The van der Waals surface area contributed by atoms with Crippen molar-refractivity contribution in [2.24, 2.45) is 11.8 Å². The summed E-state index contributed by atoms with van der Waals surface area (Å²) >= 11 is 11.7. The molecule has 2 rings (SSSR count). The van der Waals surface area contributed by atoms with Gasteiger partial charge in [0.25, 0.3) is 5.91 Å². The molecule has 20 heavy (non-hydrogen) atoms. The molecule has 1 saturated carbocycles. The highest BCUT2D eigenvalue weighted by Gasteiger charge is 2.18. The molecule has 0 atom stereocenters. The normalized spacial score (nSPS) is 22.6. The highest BCUT2D eigenvalue weighted by Crippen LogP contribution is 2.30. The molecular formula is C15H20Cl2N2O. The van der Waals surface area contributed by atoms with Crippen LogP contribution in [0.5, 0.6) is 0 Å². The Morgan fingerprint density at radius 1 is 1.35 bits per heavy atom. The molecule has 0 radical (unpaired) electrons. The fourth-order valence-corrected chi connectivity index (χ4v) is 3.04. The van der Waals surface area contributed by atoms with Crippen LogP contribution < -0.4 is 5.32 Å². The highest BCUT2D eigenvalue weighted by atomic mass is 35.5. The second-order valence-electron chi connectivity index (χ2n) is 5.66. The van der Waals surface area contributed by atoms with Gasteiger partial charge in [0.2, 0.25) is 0 Å². The molecule has 1 fully saturated rings. The molecule has 1 aromatic rings. The van der Waals surface area contributed by atoms with Crippen LogP contribution in [0.2, 0.25) is 10.2 Å². The summed E-state index contributed by atoms with van der Waals surface area (Å²) in [5.41, 5.74) is 0.393. The van der Waals surface area contributed by atoms with Crippen LogP contribution in [0.4, 0.5) is 0 Å². The van der Waals surface area contributed by atoms with Gasteiger partial charge in [-0.1, -0.05) is 55.8 Å². The predicted molar refractivity (Wildman–Crippen MR) is 82.3 cm³/mol. The third-order valence-corrected chi connectivity index (χ3v) is 4.55. The highest BCUT2D eigenvalue weighted by molar-refractivity contribution is 6.35. The SMILES string of the molecule is CC1CCC(CCNC(=O)c2cc(Cl)ncc2Cl)CC1. The summed E-state index contributed by atoms with van der Waals surface area (Å²) in [6.45, 7) is 3.00. The van der Waals surface area contributed by atoms with E-state index in [4.69, 9.17) is 23.2 Å². The van der Waals surface area contributed by atoms with E-state index >= 15 is 0 Å². The second kappa shape index (κ2) is 7.28. The molecule has 0 spiro atoms. The number of hydrogen-bond donors (Lipinski definition) is 1. The minimum atomic E-state index is -0.177. The van der Waals surface area contributed by atoms with Gasteiger partial charge in [-0.05, 0) is 24.3 Å². The van der Waals surface area contributed by atoms with Crippen LogP contribution in [0.1, 0.15) is 49.4 Å².